The summed E-state index contributed by atoms with van der Waals surface area (Å²) in [5.41, 5.74) is 2.96. The van der Waals surface area contributed by atoms with Gasteiger partial charge in [-0.2, -0.15) is 4.98 Å². The monoisotopic (exact) mass is 469 g/mol. The maximum Gasteiger partial charge on any atom is 0.404 e. The smallest absolute Gasteiger partial charge is 0.404 e. The minimum absolute atomic E-state index is 0.0574. The first-order valence-electron chi connectivity index (χ1n) is 11.2. The molecule has 0 bridgehead atoms. The minimum Gasteiger partial charge on any atom is -0.465 e. The van der Waals surface area contributed by atoms with Gasteiger partial charge in [-0.3, -0.25) is 0 Å². The van der Waals surface area contributed by atoms with Gasteiger partial charge in [0.15, 0.2) is 5.82 Å². The Balaban J connectivity index is 1.43. The van der Waals surface area contributed by atoms with Crippen LogP contribution in [-0.4, -0.2) is 44.2 Å². The van der Waals surface area contributed by atoms with Crippen molar-refractivity contribution >= 4 is 23.7 Å². The van der Waals surface area contributed by atoms with Crippen molar-refractivity contribution in [2.75, 3.05) is 17.3 Å². The van der Waals surface area contributed by atoms with Crippen LogP contribution >= 0.6 is 0 Å². The SMILES string of the molecule is CC(Cc1cccc(CNC(=O)O)c1)Nc1nccc(N(C)c2ccnc(-c3ccccc3)n2)n1. The summed E-state index contributed by atoms with van der Waals surface area (Å²) in [6, 6.07) is 21.4. The summed E-state index contributed by atoms with van der Waals surface area (Å²) >= 11 is 0. The lowest BCUT2D eigenvalue weighted by molar-refractivity contribution is 0.194. The fraction of sp³-hybridized carbons (Fsp3) is 0.192. The van der Waals surface area contributed by atoms with E-state index in [0.29, 0.717) is 17.6 Å². The zero-order valence-electron chi connectivity index (χ0n) is 19.6. The van der Waals surface area contributed by atoms with Gasteiger partial charge in [0.25, 0.3) is 0 Å². The Labute approximate surface area is 203 Å². The quantitative estimate of drug-likeness (QED) is 0.328. The molecule has 178 valence electrons. The van der Waals surface area contributed by atoms with Gasteiger partial charge in [0.05, 0.1) is 0 Å². The Morgan fingerprint density at radius 2 is 1.66 bits per heavy atom. The van der Waals surface area contributed by atoms with Gasteiger partial charge in [0.2, 0.25) is 5.95 Å². The lowest BCUT2D eigenvalue weighted by Crippen LogP contribution is -2.22. The van der Waals surface area contributed by atoms with Crippen molar-refractivity contribution in [1.82, 2.24) is 25.3 Å². The first-order valence-corrected chi connectivity index (χ1v) is 11.2. The Morgan fingerprint density at radius 3 is 2.43 bits per heavy atom. The fourth-order valence-corrected chi connectivity index (χ4v) is 3.65. The van der Waals surface area contributed by atoms with Crippen LogP contribution in [0.4, 0.5) is 22.4 Å². The van der Waals surface area contributed by atoms with Crippen molar-refractivity contribution in [2.24, 2.45) is 0 Å². The van der Waals surface area contributed by atoms with Crippen LogP contribution in [0.25, 0.3) is 11.4 Å². The number of benzene rings is 2. The number of hydrogen-bond acceptors (Lipinski definition) is 7. The highest BCUT2D eigenvalue weighted by Crippen LogP contribution is 2.23. The topological polar surface area (TPSA) is 116 Å². The molecule has 0 aliphatic rings. The van der Waals surface area contributed by atoms with E-state index in [2.05, 4.69) is 32.5 Å². The van der Waals surface area contributed by atoms with E-state index in [4.69, 9.17) is 10.1 Å². The Hall–Kier alpha value is -4.53. The number of carbonyl (C=O) groups is 1. The van der Waals surface area contributed by atoms with E-state index in [9.17, 15) is 4.79 Å². The van der Waals surface area contributed by atoms with E-state index >= 15 is 0 Å². The standard InChI is InChI=1S/C26H27N7O2/c1-18(15-19-7-6-8-20(16-19)17-29-26(34)35)30-25-28-14-12-23(32-25)33(2)22-11-13-27-24(31-22)21-9-4-3-5-10-21/h3-14,16,18,29H,15,17H2,1-2H3,(H,34,35)(H,28,30,32). The summed E-state index contributed by atoms with van der Waals surface area (Å²) in [6.07, 6.45) is 3.15. The molecule has 4 rings (SSSR count). The number of rotatable bonds is 9. The molecule has 3 N–H and O–H groups in total. The highest BCUT2D eigenvalue weighted by atomic mass is 16.4. The normalized spacial score (nSPS) is 11.5. The van der Waals surface area contributed by atoms with E-state index in [1.165, 1.54) is 0 Å². The van der Waals surface area contributed by atoms with Gasteiger partial charge in [-0.25, -0.2) is 19.7 Å². The van der Waals surface area contributed by atoms with Gasteiger partial charge in [-0.05, 0) is 36.6 Å². The van der Waals surface area contributed by atoms with Gasteiger partial charge in [-0.15, -0.1) is 0 Å². The van der Waals surface area contributed by atoms with Crippen LogP contribution in [0.1, 0.15) is 18.1 Å². The van der Waals surface area contributed by atoms with Crippen molar-refractivity contribution < 1.29 is 9.90 Å². The Bertz CT molecular complexity index is 1280. The molecule has 0 aliphatic heterocycles. The number of nitrogens with zero attached hydrogens (tertiary/aromatic N) is 5. The maximum atomic E-state index is 10.7. The second kappa shape index (κ2) is 11.1. The van der Waals surface area contributed by atoms with Gasteiger partial charge in [0, 0.05) is 37.6 Å². The molecule has 35 heavy (non-hydrogen) atoms. The second-order valence-corrected chi connectivity index (χ2v) is 8.13. The number of nitrogens with one attached hydrogen (secondary N) is 2. The summed E-state index contributed by atoms with van der Waals surface area (Å²) in [5, 5.41) is 14.6. The molecular weight excluding hydrogens is 442 g/mol. The molecule has 1 unspecified atom stereocenters. The molecular formula is C26H27N7O2. The van der Waals surface area contributed by atoms with Crippen LogP contribution in [0.5, 0.6) is 0 Å². The minimum atomic E-state index is -1.04. The van der Waals surface area contributed by atoms with Gasteiger partial charge in [0.1, 0.15) is 11.6 Å². The number of anilines is 3. The zero-order chi connectivity index (χ0) is 24.6. The fourth-order valence-electron chi connectivity index (χ4n) is 3.65. The largest absolute Gasteiger partial charge is 0.465 e. The van der Waals surface area contributed by atoms with Crippen LogP contribution in [0.2, 0.25) is 0 Å². The van der Waals surface area contributed by atoms with Crippen LogP contribution in [0.3, 0.4) is 0 Å². The Kier molecular flexibility index (Phi) is 7.47. The summed E-state index contributed by atoms with van der Waals surface area (Å²) in [4.78, 5) is 30.8. The maximum absolute atomic E-state index is 10.7. The van der Waals surface area contributed by atoms with E-state index < -0.39 is 6.09 Å². The van der Waals surface area contributed by atoms with Crippen LogP contribution in [0.15, 0.2) is 79.1 Å². The van der Waals surface area contributed by atoms with Crippen LogP contribution < -0.4 is 15.5 Å². The molecule has 0 fully saturated rings. The third kappa shape index (κ3) is 6.50. The third-order valence-corrected chi connectivity index (χ3v) is 5.35. The predicted octanol–water partition coefficient (Wildman–Crippen LogP) is 4.51. The van der Waals surface area contributed by atoms with Gasteiger partial charge < -0.3 is 20.6 Å². The number of carboxylic acid groups (broad SMARTS) is 1. The zero-order valence-corrected chi connectivity index (χ0v) is 19.6. The second-order valence-electron chi connectivity index (χ2n) is 8.13. The molecule has 2 aromatic heterocycles. The summed E-state index contributed by atoms with van der Waals surface area (Å²) < 4.78 is 0. The molecule has 4 aromatic rings. The van der Waals surface area contributed by atoms with Crippen molar-refractivity contribution in [1.29, 1.82) is 0 Å². The third-order valence-electron chi connectivity index (χ3n) is 5.35. The summed E-state index contributed by atoms with van der Waals surface area (Å²) in [5.74, 6) is 2.59. The first-order chi connectivity index (χ1) is 17.0. The molecule has 0 spiro atoms. The van der Waals surface area contributed by atoms with E-state index in [1.54, 1.807) is 12.4 Å². The highest BCUT2D eigenvalue weighted by molar-refractivity contribution is 5.64. The first kappa shape index (κ1) is 23.6. The number of aromatic nitrogens is 4. The van der Waals surface area contributed by atoms with Crippen molar-refractivity contribution in [3.8, 4) is 11.4 Å². The highest BCUT2D eigenvalue weighted by Gasteiger charge is 2.12. The molecule has 0 saturated carbocycles. The predicted molar refractivity (Wildman–Crippen MR) is 136 cm³/mol. The Morgan fingerprint density at radius 1 is 0.943 bits per heavy atom. The van der Waals surface area contributed by atoms with Crippen LogP contribution in [-0.2, 0) is 13.0 Å². The molecule has 1 atom stereocenters. The molecule has 1 amide bonds. The van der Waals surface area contributed by atoms with Crippen LogP contribution in [0, 0.1) is 0 Å². The molecule has 2 heterocycles. The van der Waals surface area contributed by atoms with Crippen molar-refractivity contribution in [3.05, 3.63) is 90.3 Å². The molecule has 0 radical (unpaired) electrons. The van der Waals surface area contributed by atoms with E-state index in [1.807, 2.05) is 78.7 Å². The van der Waals surface area contributed by atoms with Crippen molar-refractivity contribution in [2.45, 2.75) is 25.9 Å². The summed E-state index contributed by atoms with van der Waals surface area (Å²) in [7, 11) is 1.91. The van der Waals surface area contributed by atoms with E-state index in [0.717, 1.165) is 28.9 Å². The lowest BCUT2D eigenvalue weighted by Gasteiger charge is -2.19. The average Bonchev–Trinajstić information content (AvgIpc) is 2.88. The van der Waals surface area contributed by atoms with Gasteiger partial charge in [-0.1, -0.05) is 54.6 Å². The van der Waals surface area contributed by atoms with E-state index in [-0.39, 0.29) is 12.6 Å². The molecule has 9 nitrogen and oxygen atoms in total. The molecule has 0 aliphatic carbocycles. The number of hydrogen-bond donors (Lipinski definition) is 3. The molecule has 9 heteroatoms. The van der Waals surface area contributed by atoms with Crippen molar-refractivity contribution in [3.63, 3.8) is 0 Å². The van der Waals surface area contributed by atoms with Gasteiger partial charge >= 0.3 is 6.09 Å². The average molecular weight is 470 g/mol. The molecule has 2 aromatic carbocycles. The lowest BCUT2D eigenvalue weighted by atomic mass is 10.0. The molecule has 0 saturated heterocycles. The number of amides is 1. The summed E-state index contributed by atoms with van der Waals surface area (Å²) in [6.45, 7) is 2.33.